The Morgan fingerprint density at radius 3 is 2.05 bits per heavy atom. The van der Waals surface area contributed by atoms with E-state index >= 15 is 0 Å². The number of aryl methyl sites for hydroxylation is 1. The standard InChI is InChI=1S/C28H20F6O3.C2H6/c1-14-2-4-19(21(29)6-14)18-9-23(31)27(24(32)10-18)35-11-15-12-36-28(37-13-15)16-3-5-20-17(7-16)8-22(30)26(34)25(20)33;1-2/h2-10,15,28H,11-13H2,1H3;1-2H3. The smallest absolute Gasteiger partial charge is 0.195 e. The molecule has 3 nitrogen and oxygen atoms in total. The molecule has 4 aromatic rings. The van der Waals surface area contributed by atoms with Gasteiger partial charge in [-0.05, 0) is 53.8 Å². The Kier molecular flexibility index (Phi) is 8.82. The van der Waals surface area contributed by atoms with Crippen LogP contribution in [-0.4, -0.2) is 19.8 Å². The maximum Gasteiger partial charge on any atom is 0.195 e. The third-order valence-corrected chi connectivity index (χ3v) is 6.13. The van der Waals surface area contributed by atoms with Crippen LogP contribution in [0.4, 0.5) is 26.3 Å². The van der Waals surface area contributed by atoms with Crippen LogP contribution in [0.15, 0.2) is 54.6 Å². The summed E-state index contributed by atoms with van der Waals surface area (Å²) in [5, 5.41) is 0.0661. The second-order valence-electron chi connectivity index (χ2n) is 8.89. The van der Waals surface area contributed by atoms with Crippen LogP contribution < -0.4 is 4.74 Å². The summed E-state index contributed by atoms with van der Waals surface area (Å²) in [6.45, 7) is 5.82. The molecule has 0 saturated carbocycles. The molecular weight excluding hydrogens is 522 g/mol. The molecule has 4 aromatic carbocycles. The monoisotopic (exact) mass is 548 g/mol. The molecule has 0 bridgehead atoms. The summed E-state index contributed by atoms with van der Waals surface area (Å²) in [6, 6.07) is 11.5. The van der Waals surface area contributed by atoms with Gasteiger partial charge < -0.3 is 14.2 Å². The average molecular weight is 549 g/mol. The van der Waals surface area contributed by atoms with Gasteiger partial charge in [0.2, 0.25) is 0 Å². The predicted molar refractivity (Wildman–Crippen MR) is 135 cm³/mol. The molecule has 5 rings (SSSR count). The Morgan fingerprint density at radius 1 is 0.744 bits per heavy atom. The summed E-state index contributed by atoms with van der Waals surface area (Å²) in [5.74, 6) is -7.62. The van der Waals surface area contributed by atoms with E-state index in [1.54, 1.807) is 13.0 Å². The van der Waals surface area contributed by atoms with Crippen LogP contribution in [0.25, 0.3) is 21.9 Å². The van der Waals surface area contributed by atoms with E-state index in [-0.39, 0.29) is 47.6 Å². The van der Waals surface area contributed by atoms with E-state index < -0.39 is 46.9 Å². The SMILES string of the molecule is CC.Cc1ccc(-c2cc(F)c(OCC3COC(c4ccc5c(F)c(F)c(F)cc5c4)OC3)c(F)c2)c(F)c1. The Hall–Kier alpha value is -3.56. The van der Waals surface area contributed by atoms with Crippen molar-refractivity contribution in [2.24, 2.45) is 5.92 Å². The van der Waals surface area contributed by atoms with Gasteiger partial charge in [0.25, 0.3) is 0 Å². The van der Waals surface area contributed by atoms with Gasteiger partial charge in [0.15, 0.2) is 41.1 Å². The molecule has 0 aliphatic carbocycles. The topological polar surface area (TPSA) is 27.7 Å². The van der Waals surface area contributed by atoms with Gasteiger partial charge in [-0.1, -0.05) is 38.1 Å². The third-order valence-electron chi connectivity index (χ3n) is 6.13. The Balaban J connectivity index is 0.00000172. The van der Waals surface area contributed by atoms with Crippen LogP contribution in [0.5, 0.6) is 5.75 Å². The Labute approximate surface area is 221 Å². The molecule has 0 amide bonds. The normalized spacial score (nSPS) is 17.1. The Bertz CT molecular complexity index is 1460. The third kappa shape index (κ3) is 6.04. The van der Waals surface area contributed by atoms with E-state index in [9.17, 15) is 26.3 Å². The van der Waals surface area contributed by atoms with Crippen LogP contribution in [0, 0.1) is 47.7 Å². The van der Waals surface area contributed by atoms with Crippen molar-refractivity contribution in [2.45, 2.75) is 27.1 Å². The summed E-state index contributed by atoms with van der Waals surface area (Å²) < 4.78 is 101. The fourth-order valence-electron chi connectivity index (χ4n) is 4.21. The molecule has 206 valence electrons. The minimum absolute atomic E-state index is 0.0462. The number of halogens is 6. The second kappa shape index (κ2) is 12.1. The predicted octanol–water partition coefficient (Wildman–Crippen LogP) is 8.42. The molecule has 1 aliphatic rings. The first-order valence-electron chi connectivity index (χ1n) is 12.4. The van der Waals surface area contributed by atoms with Gasteiger partial charge in [-0.3, -0.25) is 0 Å². The maximum atomic E-state index is 14.6. The van der Waals surface area contributed by atoms with E-state index in [0.29, 0.717) is 11.1 Å². The van der Waals surface area contributed by atoms with Crippen molar-refractivity contribution in [2.75, 3.05) is 19.8 Å². The van der Waals surface area contributed by atoms with Crippen molar-refractivity contribution in [1.29, 1.82) is 0 Å². The van der Waals surface area contributed by atoms with Gasteiger partial charge in [-0.2, -0.15) is 0 Å². The molecule has 0 unspecified atom stereocenters. The largest absolute Gasteiger partial charge is 0.487 e. The lowest BCUT2D eigenvalue weighted by molar-refractivity contribution is -0.208. The van der Waals surface area contributed by atoms with Crippen LogP contribution in [0.2, 0.25) is 0 Å². The minimum Gasteiger partial charge on any atom is -0.487 e. The van der Waals surface area contributed by atoms with Crippen LogP contribution in [0.1, 0.15) is 31.3 Å². The van der Waals surface area contributed by atoms with Gasteiger partial charge in [-0.25, -0.2) is 26.3 Å². The summed E-state index contributed by atoms with van der Waals surface area (Å²) in [7, 11) is 0. The lowest BCUT2D eigenvalue weighted by Crippen LogP contribution is -2.31. The van der Waals surface area contributed by atoms with Gasteiger partial charge in [0.1, 0.15) is 5.82 Å². The molecule has 1 saturated heterocycles. The number of benzene rings is 4. The molecule has 1 fully saturated rings. The summed E-state index contributed by atoms with van der Waals surface area (Å²) in [6.07, 6.45) is -0.853. The zero-order chi connectivity index (χ0) is 28.3. The molecule has 1 heterocycles. The summed E-state index contributed by atoms with van der Waals surface area (Å²) in [5.41, 5.74) is 1.26. The first-order chi connectivity index (χ1) is 18.7. The molecule has 0 aromatic heterocycles. The highest BCUT2D eigenvalue weighted by atomic mass is 19.2. The summed E-state index contributed by atoms with van der Waals surface area (Å²) in [4.78, 5) is 0. The minimum atomic E-state index is -1.54. The highest BCUT2D eigenvalue weighted by molar-refractivity contribution is 5.84. The number of rotatable bonds is 5. The summed E-state index contributed by atoms with van der Waals surface area (Å²) >= 11 is 0. The second-order valence-corrected chi connectivity index (χ2v) is 8.89. The van der Waals surface area contributed by atoms with Gasteiger partial charge in [-0.15, -0.1) is 0 Å². The Morgan fingerprint density at radius 2 is 1.41 bits per heavy atom. The van der Waals surface area contributed by atoms with Gasteiger partial charge in [0, 0.05) is 22.4 Å². The maximum absolute atomic E-state index is 14.6. The van der Waals surface area contributed by atoms with Gasteiger partial charge >= 0.3 is 0 Å². The first-order valence-corrected chi connectivity index (χ1v) is 12.4. The fourth-order valence-corrected chi connectivity index (χ4v) is 4.21. The van der Waals surface area contributed by atoms with E-state index in [1.807, 2.05) is 13.8 Å². The van der Waals surface area contributed by atoms with Crippen LogP contribution >= 0.6 is 0 Å². The zero-order valence-electron chi connectivity index (χ0n) is 21.5. The number of hydrogen-bond donors (Lipinski definition) is 0. The lowest BCUT2D eigenvalue weighted by Gasteiger charge is -2.29. The highest BCUT2D eigenvalue weighted by Crippen LogP contribution is 2.33. The van der Waals surface area contributed by atoms with Gasteiger partial charge in [0.05, 0.1) is 19.8 Å². The van der Waals surface area contributed by atoms with Crippen molar-refractivity contribution in [3.05, 3.63) is 101 Å². The fraction of sp³-hybridized carbons (Fsp3) is 0.267. The number of ether oxygens (including phenoxy) is 3. The van der Waals surface area contributed by atoms with E-state index in [4.69, 9.17) is 14.2 Å². The average Bonchev–Trinajstić information content (AvgIpc) is 2.92. The van der Waals surface area contributed by atoms with Crippen LogP contribution in [0.3, 0.4) is 0 Å². The quantitative estimate of drug-likeness (QED) is 0.185. The highest BCUT2D eigenvalue weighted by Gasteiger charge is 2.26. The molecule has 9 heteroatoms. The molecular formula is C30H26F6O3. The number of hydrogen-bond acceptors (Lipinski definition) is 3. The van der Waals surface area contributed by atoms with Crippen LogP contribution in [-0.2, 0) is 9.47 Å². The number of fused-ring (bicyclic) bond motifs is 1. The lowest BCUT2D eigenvalue weighted by atomic mass is 10.0. The molecule has 0 atom stereocenters. The molecule has 1 aliphatic heterocycles. The van der Waals surface area contributed by atoms with Crippen molar-refractivity contribution < 1.29 is 40.6 Å². The van der Waals surface area contributed by atoms with E-state index in [0.717, 1.165) is 18.2 Å². The molecule has 0 N–H and O–H groups in total. The molecule has 0 spiro atoms. The van der Waals surface area contributed by atoms with Crippen molar-refractivity contribution >= 4 is 10.8 Å². The van der Waals surface area contributed by atoms with E-state index in [1.165, 1.54) is 30.3 Å². The molecule has 39 heavy (non-hydrogen) atoms. The van der Waals surface area contributed by atoms with Crippen molar-refractivity contribution in [1.82, 2.24) is 0 Å². The van der Waals surface area contributed by atoms with Crippen molar-refractivity contribution in [3.63, 3.8) is 0 Å². The molecule has 0 radical (unpaired) electrons. The first kappa shape index (κ1) is 28.4. The van der Waals surface area contributed by atoms with E-state index in [2.05, 4.69) is 0 Å². The zero-order valence-corrected chi connectivity index (χ0v) is 21.5. The van der Waals surface area contributed by atoms with Crippen molar-refractivity contribution in [3.8, 4) is 16.9 Å².